The van der Waals surface area contributed by atoms with Crippen molar-refractivity contribution in [2.45, 2.75) is 0 Å². The summed E-state index contributed by atoms with van der Waals surface area (Å²) >= 11 is 0. The predicted molar refractivity (Wildman–Crippen MR) is 207 cm³/mol. The van der Waals surface area contributed by atoms with Gasteiger partial charge in [0, 0.05) is 38.2 Å². The van der Waals surface area contributed by atoms with Crippen molar-refractivity contribution in [1.82, 2.24) is 23.8 Å². The SMILES string of the molecule is c1ccc(-c2nc(-c3ccccc3)nc(-c3cc4oc5ccc6c7ccccc7n7c8cccc9c%10ccccc%10n(c(c3)c4c5c67)c98)n2)cc1. The molecule has 12 aromatic rings. The van der Waals surface area contributed by atoms with E-state index in [9.17, 15) is 0 Å². The number of furan rings is 1. The lowest BCUT2D eigenvalue weighted by molar-refractivity contribution is 0.669. The highest BCUT2D eigenvalue weighted by molar-refractivity contribution is 6.29. The first kappa shape index (κ1) is 26.9. The normalized spacial score (nSPS) is 12.3. The molecule has 0 aliphatic heterocycles. The lowest BCUT2D eigenvalue weighted by Crippen LogP contribution is -2.00. The van der Waals surface area contributed by atoms with Crippen LogP contribution in [0.3, 0.4) is 0 Å². The van der Waals surface area contributed by atoms with Gasteiger partial charge in [-0.3, -0.25) is 0 Å². The molecule has 236 valence electrons. The molecule has 0 atom stereocenters. The molecule has 0 radical (unpaired) electrons. The molecule has 0 fully saturated rings. The van der Waals surface area contributed by atoms with Gasteiger partial charge in [0.05, 0.1) is 43.9 Å². The van der Waals surface area contributed by atoms with Gasteiger partial charge in [0.25, 0.3) is 0 Å². The third-order valence-corrected chi connectivity index (χ3v) is 10.5. The van der Waals surface area contributed by atoms with E-state index < -0.39 is 0 Å². The van der Waals surface area contributed by atoms with Crippen LogP contribution >= 0.6 is 0 Å². The molecule has 0 spiro atoms. The first-order valence-electron chi connectivity index (χ1n) is 17.1. The average molecular weight is 652 g/mol. The minimum absolute atomic E-state index is 0.587. The molecule has 6 heteroatoms. The van der Waals surface area contributed by atoms with Gasteiger partial charge < -0.3 is 13.2 Å². The molecule has 5 heterocycles. The average Bonchev–Trinajstić information content (AvgIpc) is 3.85. The summed E-state index contributed by atoms with van der Waals surface area (Å²) in [7, 11) is 0. The lowest BCUT2D eigenvalue weighted by atomic mass is 10.0. The summed E-state index contributed by atoms with van der Waals surface area (Å²) in [4.78, 5) is 15.2. The van der Waals surface area contributed by atoms with Gasteiger partial charge in [0.1, 0.15) is 11.2 Å². The molecule has 12 rings (SSSR count). The second-order valence-electron chi connectivity index (χ2n) is 13.2. The molecule has 6 nitrogen and oxygen atoms in total. The predicted octanol–water partition coefficient (Wildman–Crippen LogP) is 11.3. The van der Waals surface area contributed by atoms with Crippen LogP contribution in [0.5, 0.6) is 0 Å². The number of hydrogen-bond acceptors (Lipinski definition) is 4. The highest BCUT2D eigenvalue weighted by atomic mass is 16.3. The van der Waals surface area contributed by atoms with Gasteiger partial charge >= 0.3 is 0 Å². The van der Waals surface area contributed by atoms with Crippen LogP contribution in [0, 0.1) is 0 Å². The van der Waals surface area contributed by atoms with Gasteiger partial charge in [-0.15, -0.1) is 0 Å². The second kappa shape index (κ2) is 9.77. The number of aromatic nitrogens is 5. The summed E-state index contributed by atoms with van der Waals surface area (Å²) in [6.45, 7) is 0. The van der Waals surface area contributed by atoms with Crippen molar-refractivity contribution in [3.8, 4) is 34.2 Å². The zero-order chi connectivity index (χ0) is 33.2. The van der Waals surface area contributed by atoms with Gasteiger partial charge in [-0.25, -0.2) is 15.0 Å². The number of nitrogens with zero attached hydrogens (tertiary/aromatic N) is 5. The lowest BCUT2D eigenvalue weighted by Gasteiger charge is -2.11. The molecule has 0 bridgehead atoms. The van der Waals surface area contributed by atoms with E-state index in [1.807, 2.05) is 60.7 Å². The van der Waals surface area contributed by atoms with Crippen LogP contribution in [0.15, 0.2) is 156 Å². The molecular weight excluding hydrogens is 627 g/mol. The molecular formula is C45H25N5O. The zero-order valence-electron chi connectivity index (χ0n) is 27.1. The fraction of sp³-hybridized carbons (Fsp3) is 0. The fourth-order valence-electron chi connectivity index (χ4n) is 8.34. The monoisotopic (exact) mass is 651 g/mol. The minimum atomic E-state index is 0.587. The molecule has 5 aromatic heterocycles. The van der Waals surface area contributed by atoms with Crippen molar-refractivity contribution in [2.24, 2.45) is 0 Å². The van der Waals surface area contributed by atoms with Crippen molar-refractivity contribution in [2.75, 3.05) is 0 Å². The van der Waals surface area contributed by atoms with Crippen LogP contribution in [0.1, 0.15) is 0 Å². The number of rotatable bonds is 3. The Balaban J connectivity index is 1.31. The highest BCUT2D eigenvalue weighted by Gasteiger charge is 2.24. The van der Waals surface area contributed by atoms with Gasteiger partial charge in [-0.2, -0.15) is 0 Å². The molecule has 51 heavy (non-hydrogen) atoms. The Morgan fingerprint density at radius 3 is 1.55 bits per heavy atom. The Morgan fingerprint density at radius 2 is 0.882 bits per heavy atom. The van der Waals surface area contributed by atoms with Crippen LogP contribution in [0.4, 0.5) is 0 Å². The minimum Gasteiger partial charge on any atom is -0.456 e. The maximum atomic E-state index is 6.86. The smallest absolute Gasteiger partial charge is 0.164 e. The Labute approximate surface area is 289 Å². The molecule has 0 N–H and O–H groups in total. The van der Waals surface area contributed by atoms with E-state index in [1.54, 1.807) is 0 Å². The molecule has 0 unspecified atom stereocenters. The topological polar surface area (TPSA) is 60.6 Å². The molecule has 7 aromatic carbocycles. The zero-order valence-corrected chi connectivity index (χ0v) is 27.1. The Hall–Kier alpha value is -7.05. The van der Waals surface area contributed by atoms with Gasteiger partial charge in [0.15, 0.2) is 17.5 Å². The number of hydrogen-bond donors (Lipinski definition) is 0. The Bertz CT molecular complexity index is 3300. The van der Waals surface area contributed by atoms with E-state index >= 15 is 0 Å². The van der Waals surface area contributed by atoms with E-state index in [0.29, 0.717) is 17.5 Å². The quantitative estimate of drug-likeness (QED) is 0.191. The van der Waals surface area contributed by atoms with Gasteiger partial charge in [0.2, 0.25) is 0 Å². The van der Waals surface area contributed by atoms with E-state index in [-0.39, 0.29) is 0 Å². The van der Waals surface area contributed by atoms with Crippen LogP contribution < -0.4 is 0 Å². The Kier molecular flexibility index (Phi) is 5.14. The largest absolute Gasteiger partial charge is 0.456 e. The maximum absolute atomic E-state index is 6.86. The van der Waals surface area contributed by atoms with E-state index in [0.717, 1.165) is 66.2 Å². The first-order valence-corrected chi connectivity index (χ1v) is 17.1. The Morgan fingerprint density at radius 1 is 0.353 bits per heavy atom. The standard InChI is InChI=1S/C45H25N5O/c1-3-12-26(13-4-1)43-46-44(27-14-5-2-6-15-27)48-45(47-43)28-24-36-39-38(25-28)51-37-23-22-32-30-17-8-9-19-33(30)49(42(32)40(37)39)35-21-11-18-31-29-16-7-10-20-34(29)50(36)41(31)35/h1-25H. The molecule has 0 saturated carbocycles. The van der Waals surface area contributed by atoms with E-state index in [2.05, 4.69) is 99.8 Å². The summed E-state index contributed by atoms with van der Waals surface area (Å²) in [6.07, 6.45) is 0. The summed E-state index contributed by atoms with van der Waals surface area (Å²) < 4.78 is 11.7. The van der Waals surface area contributed by atoms with Crippen molar-refractivity contribution in [3.05, 3.63) is 152 Å². The van der Waals surface area contributed by atoms with Crippen LogP contribution in [-0.4, -0.2) is 23.8 Å². The fourth-order valence-corrected chi connectivity index (χ4v) is 8.34. The van der Waals surface area contributed by atoms with Crippen molar-refractivity contribution >= 4 is 76.6 Å². The summed E-state index contributed by atoms with van der Waals surface area (Å²) in [5.41, 5.74) is 11.1. The van der Waals surface area contributed by atoms with Crippen LogP contribution in [-0.2, 0) is 0 Å². The maximum Gasteiger partial charge on any atom is 0.164 e. The molecule has 0 saturated heterocycles. The summed E-state index contributed by atoms with van der Waals surface area (Å²) in [5.74, 6) is 1.83. The molecule has 0 aliphatic rings. The first-order chi connectivity index (χ1) is 25.3. The number of fused-ring (bicyclic) bond motifs is 8. The van der Waals surface area contributed by atoms with Crippen molar-refractivity contribution < 1.29 is 4.42 Å². The van der Waals surface area contributed by atoms with Crippen LogP contribution in [0.25, 0.3) is 111 Å². The molecule has 0 aliphatic carbocycles. The summed E-state index contributed by atoms with van der Waals surface area (Å²) in [6, 6.07) is 53.0. The van der Waals surface area contributed by atoms with Gasteiger partial charge in [-0.05, 0) is 42.5 Å². The van der Waals surface area contributed by atoms with Crippen molar-refractivity contribution in [3.63, 3.8) is 0 Å². The van der Waals surface area contributed by atoms with E-state index in [1.165, 1.54) is 27.1 Å². The van der Waals surface area contributed by atoms with Crippen molar-refractivity contribution in [1.29, 1.82) is 0 Å². The number of benzene rings is 7. The molecule has 0 amide bonds. The third-order valence-electron chi connectivity index (χ3n) is 10.5. The van der Waals surface area contributed by atoms with E-state index in [4.69, 9.17) is 19.4 Å². The van der Waals surface area contributed by atoms with Crippen LogP contribution in [0.2, 0.25) is 0 Å². The highest BCUT2D eigenvalue weighted by Crippen LogP contribution is 2.45. The third kappa shape index (κ3) is 3.57. The number of para-hydroxylation sites is 3. The second-order valence-corrected chi connectivity index (χ2v) is 13.2. The summed E-state index contributed by atoms with van der Waals surface area (Å²) in [5, 5.41) is 6.99. The van der Waals surface area contributed by atoms with Gasteiger partial charge in [-0.1, -0.05) is 109 Å².